The SMILES string of the molecule is COc1ccc(Nc2nc(C[NH+]3CCN(c4ccc(O)cc4)CC3)cs2)cc1. The van der Waals surface area contributed by atoms with Crippen molar-refractivity contribution in [1.29, 1.82) is 0 Å². The van der Waals surface area contributed by atoms with E-state index in [4.69, 9.17) is 9.72 Å². The molecule has 4 rings (SSSR count). The highest BCUT2D eigenvalue weighted by Gasteiger charge is 2.21. The Morgan fingerprint density at radius 3 is 2.50 bits per heavy atom. The predicted molar refractivity (Wildman–Crippen MR) is 113 cm³/mol. The molecule has 1 saturated heterocycles. The molecule has 0 spiro atoms. The molecule has 3 N–H and O–H groups in total. The number of anilines is 3. The molecular weight excluding hydrogens is 372 g/mol. The van der Waals surface area contributed by atoms with Crippen molar-refractivity contribution in [2.24, 2.45) is 0 Å². The van der Waals surface area contributed by atoms with E-state index in [1.807, 2.05) is 36.4 Å². The standard InChI is InChI=1S/C21H24N4O2S/c1-27-20-8-2-16(3-9-20)22-21-23-17(15-28-21)14-24-10-12-25(13-11-24)18-4-6-19(26)7-5-18/h2-9,15,26H,10-14H2,1H3,(H,22,23)/p+1. The molecule has 2 aromatic carbocycles. The van der Waals surface area contributed by atoms with Crippen LogP contribution >= 0.6 is 11.3 Å². The summed E-state index contributed by atoms with van der Waals surface area (Å²) in [5.74, 6) is 1.16. The highest BCUT2D eigenvalue weighted by Crippen LogP contribution is 2.23. The number of rotatable bonds is 6. The van der Waals surface area contributed by atoms with Crippen LogP contribution in [0.3, 0.4) is 0 Å². The first-order chi connectivity index (χ1) is 13.7. The van der Waals surface area contributed by atoms with E-state index in [2.05, 4.69) is 15.6 Å². The molecule has 1 fully saturated rings. The van der Waals surface area contributed by atoms with Crippen molar-refractivity contribution in [3.8, 4) is 11.5 Å². The number of phenolic OH excluding ortho intramolecular Hbond substituents is 1. The van der Waals surface area contributed by atoms with E-state index in [1.165, 1.54) is 5.69 Å². The first-order valence-electron chi connectivity index (χ1n) is 9.42. The van der Waals surface area contributed by atoms with Crippen LogP contribution in [0.4, 0.5) is 16.5 Å². The van der Waals surface area contributed by atoms with Crippen molar-refractivity contribution in [2.45, 2.75) is 6.54 Å². The maximum absolute atomic E-state index is 9.44. The number of ether oxygens (including phenoxy) is 1. The zero-order valence-corrected chi connectivity index (χ0v) is 16.7. The molecule has 0 unspecified atom stereocenters. The van der Waals surface area contributed by atoms with Crippen molar-refractivity contribution in [3.63, 3.8) is 0 Å². The van der Waals surface area contributed by atoms with Crippen LogP contribution in [-0.2, 0) is 6.54 Å². The van der Waals surface area contributed by atoms with E-state index >= 15 is 0 Å². The number of hydrogen-bond donors (Lipinski definition) is 3. The molecule has 3 aromatic rings. The van der Waals surface area contributed by atoms with E-state index in [1.54, 1.807) is 35.5 Å². The Bertz CT molecular complexity index is 888. The third kappa shape index (κ3) is 4.55. The lowest BCUT2D eigenvalue weighted by molar-refractivity contribution is -0.914. The zero-order chi connectivity index (χ0) is 19.3. The molecule has 0 saturated carbocycles. The minimum absolute atomic E-state index is 0.315. The molecular formula is C21H25N4O2S+. The topological polar surface area (TPSA) is 62.1 Å². The summed E-state index contributed by atoms with van der Waals surface area (Å²) < 4.78 is 5.19. The van der Waals surface area contributed by atoms with Crippen molar-refractivity contribution in [1.82, 2.24) is 4.98 Å². The summed E-state index contributed by atoms with van der Waals surface area (Å²) in [5.41, 5.74) is 3.32. The average molecular weight is 398 g/mol. The van der Waals surface area contributed by atoms with Crippen LogP contribution in [-0.4, -0.2) is 43.4 Å². The fourth-order valence-electron chi connectivity index (χ4n) is 3.42. The minimum atomic E-state index is 0.315. The third-order valence-electron chi connectivity index (χ3n) is 5.01. The van der Waals surface area contributed by atoms with E-state index in [9.17, 15) is 5.11 Å². The average Bonchev–Trinajstić information content (AvgIpc) is 3.16. The van der Waals surface area contributed by atoms with Crippen LogP contribution in [0.25, 0.3) is 0 Å². The van der Waals surface area contributed by atoms with Gasteiger partial charge in [0.15, 0.2) is 5.13 Å². The second kappa shape index (κ2) is 8.50. The number of aromatic nitrogens is 1. The molecule has 1 aliphatic rings. The van der Waals surface area contributed by atoms with Gasteiger partial charge in [-0.05, 0) is 48.5 Å². The number of thiazole rings is 1. The van der Waals surface area contributed by atoms with Gasteiger partial charge < -0.3 is 25.0 Å². The molecule has 1 aliphatic heterocycles. The van der Waals surface area contributed by atoms with E-state index in [0.717, 1.165) is 55.0 Å². The molecule has 0 bridgehead atoms. The molecule has 6 nitrogen and oxygen atoms in total. The van der Waals surface area contributed by atoms with Gasteiger partial charge >= 0.3 is 0 Å². The monoisotopic (exact) mass is 397 g/mol. The Morgan fingerprint density at radius 2 is 1.82 bits per heavy atom. The zero-order valence-electron chi connectivity index (χ0n) is 15.9. The first-order valence-corrected chi connectivity index (χ1v) is 10.3. The second-order valence-electron chi connectivity index (χ2n) is 6.93. The molecule has 2 heterocycles. The Kier molecular flexibility index (Phi) is 5.64. The Morgan fingerprint density at radius 1 is 1.11 bits per heavy atom. The fourth-order valence-corrected chi connectivity index (χ4v) is 4.15. The summed E-state index contributed by atoms with van der Waals surface area (Å²) in [6.07, 6.45) is 0. The molecule has 0 aliphatic carbocycles. The van der Waals surface area contributed by atoms with Crippen LogP contribution in [0.15, 0.2) is 53.9 Å². The van der Waals surface area contributed by atoms with Crippen molar-refractivity contribution >= 4 is 27.8 Å². The summed E-state index contributed by atoms with van der Waals surface area (Å²) in [7, 11) is 1.67. The van der Waals surface area contributed by atoms with E-state index < -0.39 is 0 Å². The lowest BCUT2D eigenvalue weighted by Gasteiger charge is -2.33. The van der Waals surface area contributed by atoms with Gasteiger partial charge in [0.25, 0.3) is 0 Å². The quantitative estimate of drug-likeness (QED) is 0.597. The smallest absolute Gasteiger partial charge is 0.187 e. The second-order valence-corrected chi connectivity index (χ2v) is 7.79. The number of aromatic hydroxyl groups is 1. The van der Waals surface area contributed by atoms with Crippen LogP contribution in [0.1, 0.15) is 5.69 Å². The summed E-state index contributed by atoms with van der Waals surface area (Å²) in [5, 5.41) is 15.9. The Balaban J connectivity index is 1.29. The van der Waals surface area contributed by atoms with E-state index in [0.29, 0.717) is 5.75 Å². The van der Waals surface area contributed by atoms with Crippen LogP contribution in [0.5, 0.6) is 11.5 Å². The molecule has 0 amide bonds. The number of hydrogen-bond acceptors (Lipinski definition) is 6. The summed E-state index contributed by atoms with van der Waals surface area (Å²) in [6.45, 7) is 5.14. The summed E-state index contributed by atoms with van der Waals surface area (Å²) in [4.78, 5) is 8.67. The van der Waals surface area contributed by atoms with Gasteiger partial charge in [-0.1, -0.05) is 0 Å². The highest BCUT2D eigenvalue weighted by molar-refractivity contribution is 7.13. The number of phenols is 1. The lowest BCUT2D eigenvalue weighted by Crippen LogP contribution is -3.13. The summed E-state index contributed by atoms with van der Waals surface area (Å²) >= 11 is 1.64. The molecule has 7 heteroatoms. The van der Waals surface area contributed by atoms with Crippen molar-refractivity contribution in [2.75, 3.05) is 43.5 Å². The number of quaternary nitrogens is 1. The van der Waals surface area contributed by atoms with Gasteiger partial charge in [0.2, 0.25) is 0 Å². The molecule has 1 aromatic heterocycles. The molecule has 146 valence electrons. The number of methoxy groups -OCH3 is 1. The van der Waals surface area contributed by atoms with Crippen LogP contribution < -0.4 is 19.9 Å². The third-order valence-corrected chi connectivity index (χ3v) is 5.82. The van der Waals surface area contributed by atoms with Crippen molar-refractivity contribution in [3.05, 3.63) is 59.6 Å². The number of benzene rings is 2. The number of piperazine rings is 1. The van der Waals surface area contributed by atoms with E-state index in [-0.39, 0.29) is 0 Å². The van der Waals surface area contributed by atoms with Gasteiger partial charge in [0.05, 0.1) is 33.3 Å². The predicted octanol–water partition coefficient (Wildman–Crippen LogP) is 2.51. The van der Waals surface area contributed by atoms with Crippen LogP contribution in [0, 0.1) is 0 Å². The summed E-state index contributed by atoms with van der Waals surface area (Å²) in [6, 6.07) is 15.3. The number of nitrogens with zero attached hydrogens (tertiary/aromatic N) is 2. The van der Waals surface area contributed by atoms with Gasteiger partial charge in [-0.2, -0.15) is 0 Å². The fraction of sp³-hybridized carbons (Fsp3) is 0.286. The maximum atomic E-state index is 9.44. The van der Waals surface area contributed by atoms with Crippen molar-refractivity contribution < 1.29 is 14.7 Å². The molecule has 0 atom stereocenters. The van der Waals surface area contributed by atoms with Gasteiger partial charge in [0, 0.05) is 16.8 Å². The largest absolute Gasteiger partial charge is 0.508 e. The van der Waals surface area contributed by atoms with Gasteiger partial charge in [0.1, 0.15) is 23.7 Å². The number of nitrogens with one attached hydrogen (secondary N) is 2. The maximum Gasteiger partial charge on any atom is 0.187 e. The Hall–Kier alpha value is -2.77. The highest BCUT2D eigenvalue weighted by atomic mass is 32.1. The lowest BCUT2D eigenvalue weighted by atomic mass is 10.2. The minimum Gasteiger partial charge on any atom is -0.508 e. The normalized spacial score (nSPS) is 14.8. The van der Waals surface area contributed by atoms with Gasteiger partial charge in [-0.15, -0.1) is 11.3 Å². The van der Waals surface area contributed by atoms with Crippen LogP contribution in [0.2, 0.25) is 0 Å². The van der Waals surface area contributed by atoms with Gasteiger partial charge in [-0.25, -0.2) is 4.98 Å². The first kappa shape index (κ1) is 18.6. The molecule has 0 radical (unpaired) electrons. The Labute approximate surface area is 169 Å². The molecule has 28 heavy (non-hydrogen) atoms. The van der Waals surface area contributed by atoms with Gasteiger partial charge in [-0.3, -0.25) is 0 Å².